The molecular formula is C29H26N6O4S2. The highest BCUT2D eigenvalue weighted by Gasteiger charge is 2.25. The first-order valence-electron chi connectivity index (χ1n) is 13.2. The molecule has 2 aliphatic heterocycles. The van der Waals surface area contributed by atoms with Gasteiger partial charge in [0.2, 0.25) is 12.6 Å². The Labute approximate surface area is 244 Å². The van der Waals surface area contributed by atoms with Crippen molar-refractivity contribution in [1.29, 1.82) is 0 Å². The van der Waals surface area contributed by atoms with Crippen molar-refractivity contribution >= 4 is 29.0 Å². The zero-order valence-electron chi connectivity index (χ0n) is 22.0. The van der Waals surface area contributed by atoms with Crippen LogP contribution in [0.2, 0.25) is 0 Å². The maximum Gasteiger partial charge on any atom is 0.273 e. The molecule has 208 valence electrons. The van der Waals surface area contributed by atoms with Gasteiger partial charge in [-0.05, 0) is 42.0 Å². The zero-order chi connectivity index (χ0) is 27.6. The molecule has 0 radical (unpaired) electrons. The number of ether oxygens (including phenoxy) is 2. The minimum absolute atomic E-state index is 0.0206. The summed E-state index contributed by atoms with van der Waals surface area (Å²) in [5, 5.41) is 12.3. The van der Waals surface area contributed by atoms with E-state index in [2.05, 4.69) is 26.1 Å². The summed E-state index contributed by atoms with van der Waals surface area (Å²) in [5.74, 6) is 3.43. The standard InChI is InChI=1S/C29H26N6O4S2/c36-28(34-12-10-33(11-13-34)16-20-8-9-23-25(15-20)39-19-38-23)22-17-40-26(30-22)18-41-29-32-31-27(24-7-4-14-37-24)35(29)21-5-2-1-3-6-21/h1-9,14-15,17H,10-13,16,18-19H2. The molecule has 5 aromatic rings. The van der Waals surface area contributed by atoms with Crippen LogP contribution < -0.4 is 9.47 Å². The molecule has 2 aromatic carbocycles. The molecule has 1 saturated heterocycles. The van der Waals surface area contributed by atoms with E-state index in [9.17, 15) is 4.79 Å². The quantitative estimate of drug-likeness (QED) is 0.234. The predicted octanol–water partition coefficient (Wildman–Crippen LogP) is 4.96. The lowest BCUT2D eigenvalue weighted by Crippen LogP contribution is -2.48. The molecule has 1 fully saturated rings. The number of carbonyl (C=O) groups excluding carboxylic acids is 1. The highest BCUT2D eigenvalue weighted by atomic mass is 32.2. The second-order valence-electron chi connectivity index (χ2n) is 9.63. The summed E-state index contributed by atoms with van der Waals surface area (Å²) in [6.07, 6.45) is 1.62. The van der Waals surface area contributed by atoms with Crippen LogP contribution in [0.25, 0.3) is 17.3 Å². The molecule has 0 aliphatic carbocycles. The fourth-order valence-electron chi connectivity index (χ4n) is 4.91. The van der Waals surface area contributed by atoms with Gasteiger partial charge in [0, 0.05) is 43.8 Å². The van der Waals surface area contributed by atoms with Crippen LogP contribution >= 0.6 is 23.1 Å². The maximum atomic E-state index is 13.2. The molecule has 1 amide bonds. The number of hydrogen-bond donors (Lipinski definition) is 0. The summed E-state index contributed by atoms with van der Waals surface area (Å²) in [6, 6.07) is 19.7. The molecule has 0 bridgehead atoms. The van der Waals surface area contributed by atoms with Crippen LogP contribution in [0.3, 0.4) is 0 Å². The third kappa shape index (κ3) is 5.45. The van der Waals surface area contributed by atoms with E-state index in [0.717, 1.165) is 47.0 Å². The molecule has 5 heterocycles. The predicted molar refractivity (Wildman–Crippen MR) is 154 cm³/mol. The summed E-state index contributed by atoms with van der Waals surface area (Å²) in [4.78, 5) is 22.1. The lowest BCUT2D eigenvalue weighted by Gasteiger charge is -2.34. The van der Waals surface area contributed by atoms with Crippen LogP contribution in [0.1, 0.15) is 21.1 Å². The minimum atomic E-state index is -0.0206. The molecule has 0 atom stereocenters. The molecule has 12 heteroatoms. The molecule has 3 aromatic heterocycles. The van der Waals surface area contributed by atoms with Gasteiger partial charge in [0.05, 0.1) is 12.0 Å². The summed E-state index contributed by atoms with van der Waals surface area (Å²) < 4.78 is 18.5. The SMILES string of the molecule is O=C(c1csc(CSc2nnc(-c3ccco3)n2-c2ccccc2)n1)N1CCN(Cc2ccc3c(c2)OCO3)CC1. The number of nitrogens with zero attached hydrogens (tertiary/aromatic N) is 6. The number of piperazine rings is 1. The van der Waals surface area contributed by atoms with Crippen molar-refractivity contribution in [3.63, 3.8) is 0 Å². The number of benzene rings is 2. The van der Waals surface area contributed by atoms with Crippen molar-refractivity contribution in [2.75, 3.05) is 33.0 Å². The molecule has 2 aliphatic rings. The number of rotatable bonds is 8. The van der Waals surface area contributed by atoms with Gasteiger partial charge < -0.3 is 18.8 Å². The highest BCUT2D eigenvalue weighted by Crippen LogP contribution is 2.33. The molecule has 10 nitrogen and oxygen atoms in total. The first kappa shape index (κ1) is 25.8. The van der Waals surface area contributed by atoms with Crippen molar-refractivity contribution in [2.45, 2.75) is 17.5 Å². The second kappa shape index (κ2) is 11.4. The second-order valence-corrected chi connectivity index (χ2v) is 11.5. The number of para-hydroxylation sites is 1. The third-order valence-electron chi connectivity index (χ3n) is 6.99. The normalized spacial score (nSPS) is 15.0. The van der Waals surface area contributed by atoms with Crippen LogP contribution in [-0.2, 0) is 12.3 Å². The lowest BCUT2D eigenvalue weighted by atomic mass is 10.1. The molecule has 0 unspecified atom stereocenters. The van der Waals surface area contributed by atoms with Gasteiger partial charge >= 0.3 is 0 Å². The lowest BCUT2D eigenvalue weighted by molar-refractivity contribution is 0.0623. The third-order valence-corrected chi connectivity index (χ3v) is 8.96. The monoisotopic (exact) mass is 586 g/mol. The Hall–Kier alpha value is -4.13. The van der Waals surface area contributed by atoms with E-state index in [-0.39, 0.29) is 12.7 Å². The van der Waals surface area contributed by atoms with Crippen LogP contribution in [0.4, 0.5) is 0 Å². The van der Waals surface area contributed by atoms with E-state index < -0.39 is 0 Å². The number of carbonyl (C=O) groups is 1. The Morgan fingerprint density at radius 1 is 0.951 bits per heavy atom. The molecule has 7 rings (SSSR count). The van der Waals surface area contributed by atoms with Gasteiger partial charge in [0.25, 0.3) is 5.91 Å². The molecule has 0 saturated carbocycles. The summed E-state index contributed by atoms with van der Waals surface area (Å²) >= 11 is 3.02. The molecular weight excluding hydrogens is 560 g/mol. The molecule has 0 spiro atoms. The number of fused-ring (bicyclic) bond motifs is 1. The Morgan fingerprint density at radius 3 is 2.63 bits per heavy atom. The Bertz CT molecular complexity index is 1640. The van der Waals surface area contributed by atoms with Gasteiger partial charge in [-0.25, -0.2) is 4.98 Å². The Morgan fingerprint density at radius 2 is 1.80 bits per heavy atom. The Kier molecular flexibility index (Phi) is 7.17. The highest BCUT2D eigenvalue weighted by molar-refractivity contribution is 7.98. The largest absolute Gasteiger partial charge is 0.461 e. The van der Waals surface area contributed by atoms with Crippen LogP contribution in [-0.4, -0.2) is 68.4 Å². The summed E-state index contributed by atoms with van der Waals surface area (Å²) in [6.45, 7) is 4.03. The minimum Gasteiger partial charge on any atom is -0.461 e. The number of thioether (sulfide) groups is 1. The van der Waals surface area contributed by atoms with Crippen molar-refractivity contribution in [2.24, 2.45) is 0 Å². The number of furan rings is 1. The van der Waals surface area contributed by atoms with Gasteiger partial charge in [-0.2, -0.15) is 0 Å². The van der Waals surface area contributed by atoms with Crippen molar-refractivity contribution in [3.8, 4) is 28.8 Å². The van der Waals surface area contributed by atoms with E-state index in [1.807, 2.05) is 69.4 Å². The topological polar surface area (TPSA) is 98.8 Å². The first-order valence-corrected chi connectivity index (χ1v) is 15.1. The van der Waals surface area contributed by atoms with Gasteiger partial charge in [-0.1, -0.05) is 36.0 Å². The molecule has 41 heavy (non-hydrogen) atoms. The van der Waals surface area contributed by atoms with Crippen LogP contribution in [0.15, 0.2) is 81.9 Å². The first-order chi connectivity index (χ1) is 20.2. The van der Waals surface area contributed by atoms with E-state index in [1.54, 1.807) is 6.26 Å². The van der Waals surface area contributed by atoms with E-state index in [1.165, 1.54) is 28.7 Å². The van der Waals surface area contributed by atoms with Crippen LogP contribution in [0, 0.1) is 0 Å². The van der Waals surface area contributed by atoms with Crippen LogP contribution in [0.5, 0.6) is 11.5 Å². The van der Waals surface area contributed by atoms with E-state index in [4.69, 9.17) is 13.9 Å². The van der Waals surface area contributed by atoms with Gasteiger partial charge in [-0.15, -0.1) is 21.5 Å². The van der Waals surface area contributed by atoms with Gasteiger partial charge in [0.15, 0.2) is 22.4 Å². The fourth-order valence-corrected chi connectivity index (χ4v) is 6.65. The number of hydrogen-bond acceptors (Lipinski definition) is 10. The van der Waals surface area contributed by atoms with Crippen molar-refractivity contribution in [3.05, 3.63) is 88.6 Å². The number of amides is 1. The number of thiazole rings is 1. The van der Waals surface area contributed by atoms with Crippen molar-refractivity contribution in [1.82, 2.24) is 29.5 Å². The average molecular weight is 587 g/mol. The van der Waals surface area contributed by atoms with E-state index >= 15 is 0 Å². The van der Waals surface area contributed by atoms with E-state index in [0.29, 0.717) is 36.1 Å². The summed E-state index contributed by atoms with van der Waals surface area (Å²) in [5.41, 5.74) is 2.62. The number of aromatic nitrogens is 4. The summed E-state index contributed by atoms with van der Waals surface area (Å²) in [7, 11) is 0. The Balaban J connectivity index is 0.973. The zero-order valence-corrected chi connectivity index (χ0v) is 23.6. The smallest absolute Gasteiger partial charge is 0.273 e. The van der Waals surface area contributed by atoms with Gasteiger partial charge in [0.1, 0.15) is 10.7 Å². The average Bonchev–Trinajstić information content (AvgIpc) is 3.83. The van der Waals surface area contributed by atoms with Crippen molar-refractivity contribution < 1.29 is 18.7 Å². The fraction of sp³-hybridized carbons (Fsp3) is 0.241. The van der Waals surface area contributed by atoms with Gasteiger partial charge in [-0.3, -0.25) is 14.3 Å². The maximum absolute atomic E-state index is 13.2. The molecule has 0 N–H and O–H groups in total.